The smallest absolute Gasteiger partial charge is 0.338 e. The summed E-state index contributed by atoms with van der Waals surface area (Å²) >= 11 is 0. The standard InChI is InChI=1S/C14H17NO5/c16-11-4-1-3-10(7-11)14(18)20-9-13(17)15-8-12-5-2-6-19-12/h1,3-4,7,12,16H,2,5-6,8-9H2,(H,15,17)/t12-/m1/s1. The number of benzene rings is 1. The molecule has 0 radical (unpaired) electrons. The molecule has 1 atom stereocenters. The van der Waals surface area contributed by atoms with Crippen molar-refractivity contribution in [2.24, 2.45) is 0 Å². The molecule has 0 saturated carbocycles. The van der Waals surface area contributed by atoms with Crippen LogP contribution in [0.4, 0.5) is 0 Å². The van der Waals surface area contributed by atoms with E-state index in [1.807, 2.05) is 0 Å². The molecule has 1 aliphatic heterocycles. The van der Waals surface area contributed by atoms with E-state index < -0.39 is 5.97 Å². The summed E-state index contributed by atoms with van der Waals surface area (Å²) < 4.78 is 10.2. The number of aromatic hydroxyl groups is 1. The minimum Gasteiger partial charge on any atom is -0.508 e. The van der Waals surface area contributed by atoms with Crippen LogP contribution >= 0.6 is 0 Å². The predicted molar refractivity (Wildman–Crippen MR) is 70.4 cm³/mol. The molecule has 1 aromatic carbocycles. The van der Waals surface area contributed by atoms with Crippen LogP contribution in [0.15, 0.2) is 24.3 Å². The number of phenolic OH excluding ortho intramolecular Hbond substituents is 1. The highest BCUT2D eigenvalue weighted by atomic mass is 16.5. The summed E-state index contributed by atoms with van der Waals surface area (Å²) in [5.41, 5.74) is 0.205. The Labute approximate surface area is 116 Å². The molecule has 0 unspecified atom stereocenters. The zero-order valence-electron chi connectivity index (χ0n) is 11.0. The summed E-state index contributed by atoms with van der Waals surface area (Å²) in [6.45, 7) is 0.816. The Morgan fingerprint density at radius 3 is 3.00 bits per heavy atom. The van der Waals surface area contributed by atoms with E-state index in [1.54, 1.807) is 0 Å². The molecule has 0 aromatic heterocycles. The highest BCUT2D eigenvalue weighted by Gasteiger charge is 2.17. The van der Waals surface area contributed by atoms with Crippen molar-refractivity contribution >= 4 is 11.9 Å². The van der Waals surface area contributed by atoms with Gasteiger partial charge < -0.3 is 19.9 Å². The topological polar surface area (TPSA) is 84.9 Å². The molecule has 0 spiro atoms. The zero-order valence-corrected chi connectivity index (χ0v) is 11.0. The Morgan fingerprint density at radius 1 is 1.45 bits per heavy atom. The van der Waals surface area contributed by atoms with Crippen molar-refractivity contribution in [2.45, 2.75) is 18.9 Å². The summed E-state index contributed by atoms with van der Waals surface area (Å²) in [6, 6.07) is 5.77. The van der Waals surface area contributed by atoms with Crippen molar-refractivity contribution in [3.63, 3.8) is 0 Å². The van der Waals surface area contributed by atoms with Gasteiger partial charge in [0.1, 0.15) is 5.75 Å². The molecule has 1 fully saturated rings. The minimum absolute atomic E-state index is 0.0257. The van der Waals surface area contributed by atoms with Gasteiger partial charge in [0.25, 0.3) is 5.91 Å². The first kappa shape index (κ1) is 14.3. The number of hydrogen-bond acceptors (Lipinski definition) is 5. The monoisotopic (exact) mass is 279 g/mol. The van der Waals surface area contributed by atoms with E-state index in [-0.39, 0.29) is 29.9 Å². The molecule has 2 N–H and O–H groups in total. The van der Waals surface area contributed by atoms with Crippen molar-refractivity contribution < 1.29 is 24.2 Å². The van der Waals surface area contributed by atoms with Gasteiger partial charge in [-0.1, -0.05) is 6.07 Å². The van der Waals surface area contributed by atoms with E-state index in [2.05, 4.69) is 5.32 Å². The molecule has 6 nitrogen and oxygen atoms in total. The molecular formula is C14H17NO5. The van der Waals surface area contributed by atoms with Crippen molar-refractivity contribution in [2.75, 3.05) is 19.8 Å². The average molecular weight is 279 g/mol. The maximum Gasteiger partial charge on any atom is 0.338 e. The van der Waals surface area contributed by atoms with Gasteiger partial charge in [-0.2, -0.15) is 0 Å². The average Bonchev–Trinajstić information content (AvgIpc) is 2.95. The number of phenols is 1. The van der Waals surface area contributed by atoms with Crippen LogP contribution in [0.5, 0.6) is 5.75 Å². The lowest BCUT2D eigenvalue weighted by Crippen LogP contribution is -2.34. The van der Waals surface area contributed by atoms with E-state index in [4.69, 9.17) is 9.47 Å². The number of hydrogen-bond donors (Lipinski definition) is 2. The molecule has 1 amide bonds. The molecule has 0 aliphatic carbocycles. The lowest BCUT2D eigenvalue weighted by atomic mass is 10.2. The van der Waals surface area contributed by atoms with Gasteiger partial charge in [0.05, 0.1) is 11.7 Å². The molecule has 6 heteroatoms. The summed E-state index contributed by atoms with van der Waals surface area (Å²) in [5, 5.41) is 11.9. The summed E-state index contributed by atoms with van der Waals surface area (Å²) in [6.07, 6.45) is 2.00. The molecule has 1 heterocycles. The lowest BCUT2D eigenvalue weighted by Gasteiger charge is -2.11. The largest absolute Gasteiger partial charge is 0.508 e. The third kappa shape index (κ3) is 4.24. The molecular weight excluding hydrogens is 262 g/mol. The van der Waals surface area contributed by atoms with Crippen LogP contribution in [-0.4, -0.2) is 42.8 Å². The molecule has 0 bridgehead atoms. The van der Waals surface area contributed by atoms with Crippen LogP contribution < -0.4 is 5.32 Å². The number of amides is 1. The van der Waals surface area contributed by atoms with Crippen molar-refractivity contribution in [3.8, 4) is 5.75 Å². The molecule has 108 valence electrons. The Kier molecular flexibility index (Phi) is 4.95. The minimum atomic E-state index is -0.645. The van der Waals surface area contributed by atoms with Crippen LogP contribution in [0.25, 0.3) is 0 Å². The van der Waals surface area contributed by atoms with Crippen LogP contribution in [-0.2, 0) is 14.3 Å². The quantitative estimate of drug-likeness (QED) is 0.780. The van der Waals surface area contributed by atoms with Crippen molar-refractivity contribution in [1.82, 2.24) is 5.32 Å². The first-order valence-corrected chi connectivity index (χ1v) is 6.49. The summed E-state index contributed by atoms with van der Waals surface area (Å²) in [7, 11) is 0. The summed E-state index contributed by atoms with van der Waals surface area (Å²) in [5.74, 6) is -1.04. The van der Waals surface area contributed by atoms with E-state index in [0.717, 1.165) is 19.4 Å². The highest BCUT2D eigenvalue weighted by Crippen LogP contribution is 2.12. The van der Waals surface area contributed by atoms with Gasteiger partial charge in [0, 0.05) is 13.2 Å². The van der Waals surface area contributed by atoms with Gasteiger partial charge in [-0.15, -0.1) is 0 Å². The van der Waals surface area contributed by atoms with Crippen LogP contribution in [0, 0.1) is 0 Å². The van der Waals surface area contributed by atoms with Gasteiger partial charge in [0.15, 0.2) is 6.61 Å². The highest BCUT2D eigenvalue weighted by molar-refractivity contribution is 5.91. The summed E-state index contributed by atoms with van der Waals surface area (Å²) in [4.78, 5) is 23.1. The Bertz CT molecular complexity index is 482. The number of esters is 1. The van der Waals surface area contributed by atoms with Gasteiger partial charge >= 0.3 is 5.97 Å². The Morgan fingerprint density at radius 2 is 2.30 bits per heavy atom. The second kappa shape index (κ2) is 6.91. The fraction of sp³-hybridized carbons (Fsp3) is 0.429. The first-order chi connectivity index (χ1) is 9.65. The van der Waals surface area contributed by atoms with Crippen LogP contribution in [0.2, 0.25) is 0 Å². The van der Waals surface area contributed by atoms with E-state index in [0.29, 0.717) is 6.54 Å². The Hall–Kier alpha value is -2.08. The van der Waals surface area contributed by atoms with Gasteiger partial charge in [-0.05, 0) is 31.0 Å². The molecule has 1 aromatic rings. The maximum atomic E-state index is 11.6. The SMILES string of the molecule is O=C(COC(=O)c1cccc(O)c1)NC[C@H]1CCCO1. The first-order valence-electron chi connectivity index (χ1n) is 6.49. The molecule has 1 aliphatic rings. The molecule has 2 rings (SSSR count). The fourth-order valence-corrected chi connectivity index (χ4v) is 1.93. The number of carbonyl (C=O) groups is 2. The number of ether oxygens (including phenoxy) is 2. The second-order valence-corrected chi connectivity index (χ2v) is 4.57. The molecule has 1 saturated heterocycles. The van der Waals surface area contributed by atoms with E-state index >= 15 is 0 Å². The number of carbonyl (C=O) groups excluding carboxylic acids is 2. The van der Waals surface area contributed by atoms with E-state index in [1.165, 1.54) is 24.3 Å². The number of rotatable bonds is 5. The predicted octanol–water partition coefficient (Wildman–Crippen LogP) is 0.844. The zero-order chi connectivity index (χ0) is 14.4. The number of nitrogens with one attached hydrogen (secondary N) is 1. The normalized spacial score (nSPS) is 17.7. The van der Waals surface area contributed by atoms with Gasteiger partial charge in [-0.3, -0.25) is 4.79 Å². The molecule has 20 heavy (non-hydrogen) atoms. The van der Waals surface area contributed by atoms with Gasteiger partial charge in [0.2, 0.25) is 0 Å². The Balaban J connectivity index is 1.71. The van der Waals surface area contributed by atoms with Gasteiger partial charge in [-0.25, -0.2) is 4.79 Å². The lowest BCUT2D eigenvalue weighted by molar-refractivity contribution is -0.124. The van der Waals surface area contributed by atoms with Crippen LogP contribution in [0.3, 0.4) is 0 Å². The van der Waals surface area contributed by atoms with E-state index in [9.17, 15) is 14.7 Å². The third-order valence-corrected chi connectivity index (χ3v) is 2.97. The second-order valence-electron chi connectivity index (χ2n) is 4.57. The maximum absolute atomic E-state index is 11.6. The van der Waals surface area contributed by atoms with Crippen molar-refractivity contribution in [1.29, 1.82) is 0 Å². The van der Waals surface area contributed by atoms with Crippen LogP contribution in [0.1, 0.15) is 23.2 Å². The van der Waals surface area contributed by atoms with Crippen molar-refractivity contribution in [3.05, 3.63) is 29.8 Å². The third-order valence-electron chi connectivity index (χ3n) is 2.97. The fourth-order valence-electron chi connectivity index (χ4n) is 1.93.